The summed E-state index contributed by atoms with van der Waals surface area (Å²) in [4.78, 5) is 7.90. The molecule has 0 radical (unpaired) electrons. The molecule has 1 heterocycles. The van der Waals surface area contributed by atoms with Gasteiger partial charge in [-0.3, -0.25) is 0 Å². The van der Waals surface area contributed by atoms with Gasteiger partial charge in [0, 0.05) is 6.54 Å². The summed E-state index contributed by atoms with van der Waals surface area (Å²) in [5.74, 6) is 0.911. The van der Waals surface area contributed by atoms with Crippen LogP contribution in [0.3, 0.4) is 0 Å². The second-order valence-electron chi connectivity index (χ2n) is 3.85. The zero-order chi connectivity index (χ0) is 12.8. The van der Waals surface area contributed by atoms with Crippen molar-refractivity contribution < 1.29 is 5.11 Å². The summed E-state index contributed by atoms with van der Waals surface area (Å²) in [6, 6.07) is 0. The lowest BCUT2D eigenvalue weighted by molar-refractivity contribution is 0.114. The molecule has 1 unspecified atom stereocenters. The van der Waals surface area contributed by atoms with Gasteiger partial charge in [-0.2, -0.15) is 0 Å². The number of rotatable bonds is 6. The summed E-state index contributed by atoms with van der Waals surface area (Å²) in [5.41, 5.74) is 0. The minimum atomic E-state index is -0.384. The van der Waals surface area contributed by atoms with Crippen molar-refractivity contribution in [2.75, 3.05) is 11.9 Å². The quantitative estimate of drug-likeness (QED) is 0.790. The SMILES string of the molecule is CCC(CC)C(O)CNc1ncnc(Cl)c1Br. The van der Waals surface area contributed by atoms with Gasteiger partial charge in [-0.1, -0.05) is 38.3 Å². The third-order valence-electron chi connectivity index (χ3n) is 2.82. The molecule has 0 fully saturated rings. The zero-order valence-electron chi connectivity index (χ0n) is 9.95. The van der Waals surface area contributed by atoms with Gasteiger partial charge in [-0.25, -0.2) is 9.97 Å². The Morgan fingerprint density at radius 3 is 2.65 bits per heavy atom. The van der Waals surface area contributed by atoms with Crippen molar-refractivity contribution in [2.45, 2.75) is 32.8 Å². The maximum absolute atomic E-state index is 9.98. The van der Waals surface area contributed by atoms with Crippen LogP contribution in [0, 0.1) is 5.92 Å². The molecule has 0 saturated carbocycles. The van der Waals surface area contributed by atoms with Crippen molar-refractivity contribution in [1.29, 1.82) is 0 Å². The highest BCUT2D eigenvalue weighted by atomic mass is 79.9. The van der Waals surface area contributed by atoms with Crippen molar-refractivity contribution >= 4 is 33.3 Å². The van der Waals surface area contributed by atoms with E-state index in [-0.39, 0.29) is 6.10 Å². The predicted molar refractivity (Wildman–Crippen MR) is 73.3 cm³/mol. The molecule has 0 aromatic carbocycles. The number of nitrogens with zero attached hydrogens (tertiary/aromatic N) is 2. The lowest BCUT2D eigenvalue weighted by atomic mass is 9.97. The second kappa shape index (κ2) is 7.13. The van der Waals surface area contributed by atoms with Crippen LogP contribution in [0.15, 0.2) is 10.8 Å². The van der Waals surface area contributed by atoms with Gasteiger partial charge in [0.05, 0.1) is 10.6 Å². The van der Waals surface area contributed by atoms with Gasteiger partial charge in [0.15, 0.2) is 0 Å². The lowest BCUT2D eigenvalue weighted by Crippen LogP contribution is -2.28. The van der Waals surface area contributed by atoms with Crippen LogP contribution in [0.5, 0.6) is 0 Å². The fourth-order valence-electron chi connectivity index (χ4n) is 1.67. The maximum Gasteiger partial charge on any atom is 0.148 e. The first-order valence-electron chi connectivity index (χ1n) is 5.68. The van der Waals surface area contributed by atoms with Crippen LogP contribution in [0.2, 0.25) is 5.15 Å². The number of hydrogen-bond acceptors (Lipinski definition) is 4. The summed E-state index contributed by atoms with van der Waals surface area (Å²) in [6.45, 7) is 4.61. The van der Waals surface area contributed by atoms with Crippen molar-refractivity contribution in [2.24, 2.45) is 5.92 Å². The van der Waals surface area contributed by atoms with Crippen LogP contribution in [0.1, 0.15) is 26.7 Å². The van der Waals surface area contributed by atoms with Gasteiger partial charge in [0.1, 0.15) is 17.3 Å². The molecule has 1 atom stereocenters. The molecule has 0 spiro atoms. The average molecular weight is 323 g/mol. The first-order valence-corrected chi connectivity index (χ1v) is 6.85. The average Bonchev–Trinajstić information content (AvgIpc) is 2.32. The standard InChI is InChI=1S/C11H17BrClN3O/c1-3-7(4-2)8(17)5-14-11-9(12)10(13)15-6-16-11/h6-8,17H,3-5H2,1-2H3,(H,14,15,16). The molecule has 4 nitrogen and oxygen atoms in total. The molecular weight excluding hydrogens is 305 g/mol. The first kappa shape index (κ1) is 14.7. The Bertz CT molecular complexity index is 361. The van der Waals surface area contributed by atoms with Crippen molar-refractivity contribution in [3.05, 3.63) is 16.0 Å². The Morgan fingerprint density at radius 2 is 2.06 bits per heavy atom. The smallest absolute Gasteiger partial charge is 0.148 e. The van der Waals surface area contributed by atoms with Gasteiger partial charge in [0.2, 0.25) is 0 Å². The number of halogens is 2. The van der Waals surface area contributed by atoms with Crippen LogP contribution < -0.4 is 5.32 Å². The Balaban J connectivity index is 2.58. The van der Waals surface area contributed by atoms with E-state index in [1.165, 1.54) is 6.33 Å². The van der Waals surface area contributed by atoms with Gasteiger partial charge in [-0.15, -0.1) is 0 Å². The fourth-order valence-corrected chi connectivity index (χ4v) is 2.15. The molecule has 0 saturated heterocycles. The van der Waals surface area contributed by atoms with E-state index in [1.807, 2.05) is 0 Å². The minimum Gasteiger partial charge on any atom is -0.391 e. The molecule has 0 amide bonds. The molecule has 17 heavy (non-hydrogen) atoms. The lowest BCUT2D eigenvalue weighted by Gasteiger charge is -2.20. The Kier molecular flexibility index (Phi) is 6.16. The van der Waals surface area contributed by atoms with Gasteiger partial charge >= 0.3 is 0 Å². The summed E-state index contributed by atoms with van der Waals surface area (Å²) in [6.07, 6.45) is 2.93. The number of aromatic nitrogens is 2. The van der Waals surface area contributed by atoms with Crippen molar-refractivity contribution in [1.82, 2.24) is 9.97 Å². The van der Waals surface area contributed by atoms with Gasteiger partial charge < -0.3 is 10.4 Å². The summed E-state index contributed by atoms with van der Waals surface area (Å²) < 4.78 is 0.624. The molecule has 2 N–H and O–H groups in total. The van der Waals surface area contributed by atoms with Crippen molar-refractivity contribution in [3.63, 3.8) is 0 Å². The highest BCUT2D eigenvalue weighted by molar-refractivity contribution is 9.10. The predicted octanol–water partition coefficient (Wildman–Crippen LogP) is 3.10. The van der Waals surface area contributed by atoms with E-state index in [0.717, 1.165) is 12.8 Å². The van der Waals surface area contributed by atoms with Crippen LogP contribution in [-0.4, -0.2) is 27.7 Å². The molecular formula is C11H17BrClN3O. The molecule has 0 aliphatic carbocycles. The van der Waals surface area contributed by atoms with E-state index in [9.17, 15) is 5.11 Å². The van der Waals surface area contributed by atoms with E-state index in [0.29, 0.717) is 27.9 Å². The van der Waals surface area contributed by atoms with E-state index < -0.39 is 0 Å². The molecule has 6 heteroatoms. The van der Waals surface area contributed by atoms with E-state index in [1.54, 1.807) is 0 Å². The molecule has 0 bridgehead atoms. The van der Waals surface area contributed by atoms with Crippen LogP contribution >= 0.6 is 27.5 Å². The number of aliphatic hydroxyl groups is 1. The van der Waals surface area contributed by atoms with Gasteiger partial charge in [-0.05, 0) is 21.8 Å². The third kappa shape index (κ3) is 4.08. The van der Waals surface area contributed by atoms with E-state index in [4.69, 9.17) is 11.6 Å². The Morgan fingerprint density at radius 1 is 1.41 bits per heavy atom. The fraction of sp³-hybridized carbons (Fsp3) is 0.636. The second-order valence-corrected chi connectivity index (χ2v) is 5.00. The number of anilines is 1. The molecule has 1 aromatic rings. The normalized spacial score (nSPS) is 12.8. The molecule has 96 valence electrons. The maximum atomic E-state index is 9.98. The van der Waals surface area contributed by atoms with Crippen molar-refractivity contribution in [3.8, 4) is 0 Å². The molecule has 1 aromatic heterocycles. The zero-order valence-corrected chi connectivity index (χ0v) is 12.3. The molecule has 1 rings (SSSR count). The monoisotopic (exact) mass is 321 g/mol. The summed E-state index contributed by atoms with van der Waals surface area (Å²) >= 11 is 9.15. The van der Waals surface area contributed by atoms with Gasteiger partial charge in [0.25, 0.3) is 0 Å². The Hall–Kier alpha value is -0.390. The summed E-state index contributed by atoms with van der Waals surface area (Å²) in [5, 5.41) is 13.4. The van der Waals surface area contributed by atoms with Crippen LogP contribution in [0.4, 0.5) is 5.82 Å². The molecule has 0 aliphatic rings. The highest BCUT2D eigenvalue weighted by Gasteiger charge is 2.16. The largest absolute Gasteiger partial charge is 0.391 e. The van der Waals surface area contributed by atoms with Crippen LogP contribution in [-0.2, 0) is 0 Å². The third-order valence-corrected chi connectivity index (χ3v) is 4.08. The molecule has 0 aliphatic heterocycles. The highest BCUT2D eigenvalue weighted by Crippen LogP contribution is 2.26. The number of nitrogens with one attached hydrogen (secondary N) is 1. The first-order chi connectivity index (χ1) is 8.10. The van der Waals surface area contributed by atoms with E-state index in [2.05, 4.69) is 45.1 Å². The number of aliphatic hydroxyl groups excluding tert-OH is 1. The topological polar surface area (TPSA) is 58.0 Å². The summed E-state index contributed by atoms with van der Waals surface area (Å²) in [7, 11) is 0. The van der Waals surface area contributed by atoms with Crippen LogP contribution in [0.25, 0.3) is 0 Å². The Labute approximate surface area is 115 Å². The number of hydrogen-bond donors (Lipinski definition) is 2. The minimum absolute atomic E-state index is 0.304. The van der Waals surface area contributed by atoms with E-state index >= 15 is 0 Å².